The standard InChI is InChI=1S/C23H28BrNO6/c1-28-15-5-6-19(29-2)17(11-15)22(25-9-7-14(8-10-25)23(26)27)16-12-20(30-3)21(31-4)13-18(16)24/h5-6,11-14,22H,7-10H2,1-4H3,(H,26,27). The second kappa shape index (κ2) is 10.2. The van der Waals surface area contributed by atoms with Gasteiger partial charge in [-0.25, -0.2) is 0 Å². The highest BCUT2D eigenvalue weighted by Gasteiger charge is 2.33. The first-order valence-corrected chi connectivity index (χ1v) is 10.8. The molecule has 0 bridgehead atoms. The van der Waals surface area contributed by atoms with Gasteiger partial charge in [0.1, 0.15) is 11.5 Å². The summed E-state index contributed by atoms with van der Waals surface area (Å²) in [5.74, 6) is 1.64. The molecule has 8 heteroatoms. The van der Waals surface area contributed by atoms with Gasteiger partial charge >= 0.3 is 5.97 Å². The van der Waals surface area contributed by atoms with Crippen molar-refractivity contribution in [3.63, 3.8) is 0 Å². The number of aliphatic carboxylic acids is 1. The van der Waals surface area contributed by atoms with Crippen molar-refractivity contribution >= 4 is 21.9 Å². The van der Waals surface area contributed by atoms with Gasteiger partial charge in [0.15, 0.2) is 11.5 Å². The molecule has 3 rings (SSSR count). The van der Waals surface area contributed by atoms with E-state index in [1.807, 2.05) is 30.3 Å². The maximum absolute atomic E-state index is 11.5. The number of hydrogen-bond donors (Lipinski definition) is 1. The SMILES string of the molecule is COc1ccc(OC)c(C(c2cc(OC)c(OC)cc2Br)N2CCC(C(=O)O)CC2)c1. The maximum atomic E-state index is 11.5. The summed E-state index contributed by atoms with van der Waals surface area (Å²) in [6.07, 6.45) is 1.17. The van der Waals surface area contributed by atoms with Gasteiger partial charge in [0.25, 0.3) is 0 Å². The topological polar surface area (TPSA) is 77.5 Å². The van der Waals surface area contributed by atoms with E-state index in [1.54, 1.807) is 28.4 Å². The van der Waals surface area contributed by atoms with Gasteiger partial charge in [0.2, 0.25) is 0 Å². The minimum absolute atomic E-state index is 0.200. The van der Waals surface area contributed by atoms with Crippen molar-refractivity contribution in [3.05, 3.63) is 45.9 Å². The molecule has 1 saturated heterocycles. The number of rotatable bonds is 8. The summed E-state index contributed by atoms with van der Waals surface area (Å²) >= 11 is 3.70. The number of methoxy groups -OCH3 is 4. The number of carboxylic acids is 1. The molecule has 1 N–H and O–H groups in total. The molecule has 168 valence electrons. The van der Waals surface area contributed by atoms with Crippen molar-refractivity contribution in [2.45, 2.75) is 18.9 Å². The largest absolute Gasteiger partial charge is 0.497 e. The van der Waals surface area contributed by atoms with Crippen LogP contribution in [0.4, 0.5) is 0 Å². The molecule has 0 aliphatic carbocycles. The number of halogens is 1. The Morgan fingerprint density at radius 2 is 1.55 bits per heavy atom. The average molecular weight is 494 g/mol. The van der Waals surface area contributed by atoms with Crippen molar-refractivity contribution < 1.29 is 28.8 Å². The van der Waals surface area contributed by atoms with Crippen LogP contribution in [0.2, 0.25) is 0 Å². The van der Waals surface area contributed by atoms with Crippen LogP contribution >= 0.6 is 15.9 Å². The molecule has 0 amide bonds. The third kappa shape index (κ3) is 4.91. The minimum Gasteiger partial charge on any atom is -0.497 e. The van der Waals surface area contributed by atoms with Crippen LogP contribution in [0.5, 0.6) is 23.0 Å². The molecule has 1 unspecified atom stereocenters. The van der Waals surface area contributed by atoms with Crippen LogP contribution < -0.4 is 18.9 Å². The Hall–Kier alpha value is -2.45. The first kappa shape index (κ1) is 23.2. The van der Waals surface area contributed by atoms with Crippen molar-refractivity contribution in [1.29, 1.82) is 0 Å². The van der Waals surface area contributed by atoms with Gasteiger partial charge in [-0.2, -0.15) is 0 Å². The van der Waals surface area contributed by atoms with Gasteiger partial charge in [0.05, 0.1) is 40.4 Å². The van der Waals surface area contributed by atoms with Crippen molar-refractivity contribution in [3.8, 4) is 23.0 Å². The smallest absolute Gasteiger partial charge is 0.306 e. The van der Waals surface area contributed by atoms with E-state index in [1.165, 1.54) is 0 Å². The summed E-state index contributed by atoms with van der Waals surface area (Å²) in [6, 6.07) is 9.36. The number of likely N-dealkylation sites (tertiary alicyclic amines) is 1. The molecule has 1 aliphatic heterocycles. The molecule has 0 saturated carbocycles. The molecular formula is C23H28BrNO6. The number of nitrogens with zero attached hydrogens (tertiary/aromatic N) is 1. The van der Waals surface area contributed by atoms with Crippen LogP contribution in [-0.4, -0.2) is 57.5 Å². The minimum atomic E-state index is -0.734. The highest BCUT2D eigenvalue weighted by atomic mass is 79.9. The van der Waals surface area contributed by atoms with Gasteiger partial charge in [-0.3, -0.25) is 9.69 Å². The number of hydrogen-bond acceptors (Lipinski definition) is 6. The van der Waals surface area contributed by atoms with Crippen molar-refractivity contribution in [1.82, 2.24) is 4.90 Å². The van der Waals surface area contributed by atoms with Gasteiger partial charge in [-0.05, 0) is 61.8 Å². The van der Waals surface area contributed by atoms with Crippen molar-refractivity contribution in [2.75, 3.05) is 41.5 Å². The molecule has 0 aromatic heterocycles. The molecule has 2 aromatic carbocycles. The molecular weight excluding hydrogens is 466 g/mol. The lowest BCUT2D eigenvalue weighted by Gasteiger charge is -2.38. The zero-order chi connectivity index (χ0) is 22.5. The van der Waals surface area contributed by atoms with Crippen LogP contribution in [0.15, 0.2) is 34.8 Å². The lowest BCUT2D eigenvalue weighted by Crippen LogP contribution is -2.39. The van der Waals surface area contributed by atoms with E-state index < -0.39 is 5.97 Å². The fourth-order valence-corrected chi connectivity index (χ4v) is 4.64. The van der Waals surface area contributed by atoms with E-state index >= 15 is 0 Å². The highest BCUT2D eigenvalue weighted by molar-refractivity contribution is 9.10. The van der Waals surface area contributed by atoms with E-state index in [0.29, 0.717) is 37.4 Å². The third-order valence-electron chi connectivity index (χ3n) is 5.77. The second-order valence-electron chi connectivity index (χ2n) is 7.39. The number of benzene rings is 2. The van der Waals surface area contributed by atoms with E-state index in [9.17, 15) is 9.90 Å². The number of carboxylic acid groups (broad SMARTS) is 1. The van der Waals surface area contributed by atoms with Crippen LogP contribution in [0.1, 0.15) is 30.0 Å². The van der Waals surface area contributed by atoms with Gasteiger partial charge < -0.3 is 24.1 Å². The Morgan fingerprint density at radius 3 is 2.10 bits per heavy atom. The summed E-state index contributed by atoms with van der Waals surface area (Å²) in [5.41, 5.74) is 1.90. The van der Waals surface area contributed by atoms with Gasteiger partial charge in [0, 0.05) is 10.0 Å². The van der Waals surface area contributed by atoms with Gasteiger partial charge in [-0.15, -0.1) is 0 Å². The fourth-order valence-electron chi connectivity index (χ4n) is 4.10. The monoisotopic (exact) mass is 493 g/mol. The molecule has 0 spiro atoms. The second-order valence-corrected chi connectivity index (χ2v) is 8.24. The third-order valence-corrected chi connectivity index (χ3v) is 6.46. The molecule has 7 nitrogen and oxygen atoms in total. The molecule has 0 radical (unpaired) electrons. The summed E-state index contributed by atoms with van der Waals surface area (Å²) in [5, 5.41) is 9.42. The first-order valence-electron chi connectivity index (χ1n) is 10.0. The average Bonchev–Trinajstić information content (AvgIpc) is 2.80. The maximum Gasteiger partial charge on any atom is 0.306 e. The Bertz CT molecular complexity index is 927. The first-order chi connectivity index (χ1) is 14.9. The summed E-state index contributed by atoms with van der Waals surface area (Å²) in [6.45, 7) is 1.28. The van der Waals surface area contributed by atoms with E-state index in [4.69, 9.17) is 18.9 Å². The zero-order valence-corrected chi connectivity index (χ0v) is 19.8. The Labute approximate surface area is 191 Å². The Balaban J connectivity index is 2.14. The zero-order valence-electron chi connectivity index (χ0n) is 18.2. The fraction of sp³-hybridized carbons (Fsp3) is 0.435. The summed E-state index contributed by atoms with van der Waals surface area (Å²) in [4.78, 5) is 13.8. The van der Waals surface area contributed by atoms with E-state index in [0.717, 1.165) is 27.1 Å². The predicted octanol–water partition coefficient (Wildman–Crippen LogP) is 4.37. The molecule has 1 aliphatic rings. The van der Waals surface area contributed by atoms with Crippen LogP contribution in [0.25, 0.3) is 0 Å². The van der Waals surface area contributed by atoms with Crippen LogP contribution in [-0.2, 0) is 4.79 Å². The quantitative estimate of drug-likeness (QED) is 0.584. The lowest BCUT2D eigenvalue weighted by atomic mass is 9.90. The van der Waals surface area contributed by atoms with Crippen LogP contribution in [0, 0.1) is 5.92 Å². The Morgan fingerprint density at radius 1 is 0.935 bits per heavy atom. The molecule has 1 fully saturated rings. The van der Waals surface area contributed by atoms with Crippen molar-refractivity contribution in [2.24, 2.45) is 5.92 Å². The lowest BCUT2D eigenvalue weighted by molar-refractivity contribution is -0.143. The number of piperidine rings is 1. The van der Waals surface area contributed by atoms with E-state index in [-0.39, 0.29) is 12.0 Å². The normalized spacial score (nSPS) is 15.9. The highest BCUT2D eigenvalue weighted by Crippen LogP contribution is 2.44. The predicted molar refractivity (Wildman–Crippen MR) is 121 cm³/mol. The summed E-state index contributed by atoms with van der Waals surface area (Å²) < 4.78 is 23.0. The molecule has 2 aromatic rings. The van der Waals surface area contributed by atoms with Crippen LogP contribution in [0.3, 0.4) is 0 Å². The van der Waals surface area contributed by atoms with E-state index in [2.05, 4.69) is 20.8 Å². The Kier molecular flexibility index (Phi) is 7.67. The molecule has 1 atom stereocenters. The summed E-state index contributed by atoms with van der Waals surface area (Å²) in [7, 11) is 6.48. The number of carbonyl (C=O) groups is 1. The molecule has 31 heavy (non-hydrogen) atoms. The molecule has 1 heterocycles. The number of ether oxygens (including phenoxy) is 4. The van der Waals surface area contributed by atoms with Gasteiger partial charge in [-0.1, -0.05) is 15.9 Å².